The van der Waals surface area contributed by atoms with E-state index in [0.717, 1.165) is 64.2 Å². The van der Waals surface area contributed by atoms with Crippen LogP contribution in [0.15, 0.2) is 12.2 Å². The predicted molar refractivity (Wildman–Crippen MR) is 96.7 cm³/mol. The second-order valence-electron chi connectivity index (χ2n) is 7.15. The van der Waals surface area contributed by atoms with Crippen LogP contribution in [-0.4, -0.2) is 39.9 Å². The Balaban J connectivity index is 2.40. The summed E-state index contributed by atoms with van der Waals surface area (Å²) in [4.78, 5) is 12.1. The quantitative estimate of drug-likeness (QED) is 0.355. The highest BCUT2D eigenvalue weighted by Crippen LogP contribution is 2.34. The zero-order valence-corrected chi connectivity index (χ0v) is 15.2. The van der Waals surface area contributed by atoms with Crippen LogP contribution in [0.1, 0.15) is 77.6 Å². The van der Waals surface area contributed by atoms with Gasteiger partial charge in [0.1, 0.15) is 5.78 Å². The number of hydrogen-bond donors (Lipinski definition) is 3. The second-order valence-corrected chi connectivity index (χ2v) is 7.15. The Morgan fingerprint density at radius 1 is 1.12 bits per heavy atom. The van der Waals surface area contributed by atoms with E-state index in [9.17, 15) is 15.0 Å². The zero-order valence-electron chi connectivity index (χ0n) is 15.2. The van der Waals surface area contributed by atoms with Crippen molar-refractivity contribution in [3.05, 3.63) is 12.2 Å². The molecule has 0 unspecified atom stereocenters. The van der Waals surface area contributed by atoms with Crippen LogP contribution in [0, 0.1) is 11.8 Å². The van der Waals surface area contributed by atoms with E-state index >= 15 is 0 Å². The minimum Gasteiger partial charge on any atom is -0.396 e. The average molecular weight is 341 g/mol. The maximum absolute atomic E-state index is 12.1. The molecule has 1 rings (SSSR count). The number of aliphatic hydroxyl groups excluding tert-OH is 3. The van der Waals surface area contributed by atoms with E-state index in [0.29, 0.717) is 0 Å². The molecule has 0 amide bonds. The highest BCUT2D eigenvalue weighted by Gasteiger charge is 2.39. The smallest absolute Gasteiger partial charge is 0.139 e. The Morgan fingerprint density at radius 3 is 2.54 bits per heavy atom. The van der Waals surface area contributed by atoms with Crippen LogP contribution >= 0.6 is 0 Å². The van der Waals surface area contributed by atoms with Crippen LogP contribution in [0.25, 0.3) is 0 Å². The van der Waals surface area contributed by atoms with Crippen molar-refractivity contribution in [3.63, 3.8) is 0 Å². The molecule has 4 atom stereocenters. The monoisotopic (exact) mass is 340 g/mol. The summed E-state index contributed by atoms with van der Waals surface area (Å²) in [6.07, 6.45) is 12.7. The standard InChI is InChI=1S/C20H36O4/c1-2-3-7-10-16(22)12-13-18-17(19(23)15-20(18)24)11-8-5-4-6-9-14-21/h12-13,16-18,20-22,24H,2-11,14-15H2,1H3/t16-,17+,18+,20+/m0/s1. The molecule has 0 heterocycles. The van der Waals surface area contributed by atoms with Gasteiger partial charge in [0.25, 0.3) is 0 Å². The van der Waals surface area contributed by atoms with E-state index in [1.807, 2.05) is 6.08 Å². The fourth-order valence-electron chi connectivity index (χ4n) is 3.55. The molecule has 1 fully saturated rings. The number of carbonyl (C=O) groups is 1. The van der Waals surface area contributed by atoms with Crippen LogP contribution in [0.2, 0.25) is 0 Å². The van der Waals surface area contributed by atoms with E-state index in [4.69, 9.17) is 5.11 Å². The Hall–Kier alpha value is -0.710. The molecule has 0 spiro atoms. The van der Waals surface area contributed by atoms with Gasteiger partial charge in [0.05, 0.1) is 12.2 Å². The molecule has 0 saturated heterocycles. The molecule has 3 N–H and O–H groups in total. The number of ketones is 1. The predicted octanol–water partition coefficient (Wildman–Crippen LogP) is 3.38. The lowest BCUT2D eigenvalue weighted by molar-refractivity contribution is -0.121. The summed E-state index contributed by atoms with van der Waals surface area (Å²) in [7, 11) is 0. The molecule has 1 aliphatic rings. The third-order valence-corrected chi connectivity index (χ3v) is 5.06. The lowest BCUT2D eigenvalue weighted by Gasteiger charge is -2.18. The molecule has 0 bridgehead atoms. The van der Waals surface area contributed by atoms with Gasteiger partial charge in [-0.2, -0.15) is 0 Å². The fourth-order valence-corrected chi connectivity index (χ4v) is 3.55. The molecule has 4 heteroatoms. The van der Waals surface area contributed by atoms with Crippen molar-refractivity contribution in [1.29, 1.82) is 0 Å². The van der Waals surface area contributed by atoms with E-state index < -0.39 is 12.2 Å². The van der Waals surface area contributed by atoms with Crippen molar-refractivity contribution >= 4 is 5.78 Å². The van der Waals surface area contributed by atoms with Gasteiger partial charge in [-0.25, -0.2) is 0 Å². The minimum atomic E-state index is -0.601. The first-order chi connectivity index (χ1) is 11.6. The third kappa shape index (κ3) is 7.91. The molecule has 1 aliphatic carbocycles. The molecular weight excluding hydrogens is 304 g/mol. The van der Waals surface area contributed by atoms with Gasteiger partial charge in [-0.05, 0) is 19.3 Å². The molecule has 1 saturated carbocycles. The van der Waals surface area contributed by atoms with Gasteiger partial charge in [0.2, 0.25) is 0 Å². The van der Waals surface area contributed by atoms with Crippen molar-refractivity contribution in [1.82, 2.24) is 0 Å². The third-order valence-electron chi connectivity index (χ3n) is 5.06. The largest absolute Gasteiger partial charge is 0.396 e. The van der Waals surface area contributed by atoms with Crippen molar-refractivity contribution < 1.29 is 20.1 Å². The van der Waals surface area contributed by atoms with Crippen molar-refractivity contribution in [3.8, 4) is 0 Å². The first-order valence-corrected chi connectivity index (χ1v) is 9.78. The zero-order chi connectivity index (χ0) is 17.8. The fraction of sp³-hybridized carbons (Fsp3) is 0.850. The van der Waals surface area contributed by atoms with Gasteiger partial charge in [-0.15, -0.1) is 0 Å². The number of unbranched alkanes of at least 4 members (excludes halogenated alkanes) is 6. The summed E-state index contributed by atoms with van der Waals surface area (Å²) in [6.45, 7) is 2.39. The SMILES string of the molecule is CCCCC[C@H](O)C=C[C@H]1[C@H](O)CC(=O)[C@@H]1CCCCCCCO. The van der Waals surface area contributed by atoms with E-state index in [2.05, 4.69) is 6.92 Å². The minimum absolute atomic E-state index is 0.100. The number of Topliss-reactive ketones (excluding diaryl/α,β-unsaturated/α-hetero) is 1. The molecule has 0 aliphatic heterocycles. The van der Waals surface area contributed by atoms with Gasteiger partial charge in [-0.1, -0.05) is 64.0 Å². The lowest BCUT2D eigenvalue weighted by atomic mass is 9.88. The normalized spacial score (nSPS) is 25.7. The summed E-state index contributed by atoms with van der Waals surface area (Å²) in [6, 6.07) is 0. The van der Waals surface area contributed by atoms with Crippen molar-refractivity contribution in [2.24, 2.45) is 11.8 Å². The van der Waals surface area contributed by atoms with E-state index in [1.165, 1.54) is 0 Å². The first kappa shape index (κ1) is 21.3. The molecule has 0 aromatic carbocycles. The molecule has 4 nitrogen and oxygen atoms in total. The van der Waals surface area contributed by atoms with Gasteiger partial charge in [-0.3, -0.25) is 4.79 Å². The van der Waals surface area contributed by atoms with Gasteiger partial charge in [0.15, 0.2) is 0 Å². The number of carbonyl (C=O) groups excluding carboxylic acids is 1. The molecule has 24 heavy (non-hydrogen) atoms. The maximum Gasteiger partial charge on any atom is 0.139 e. The summed E-state index contributed by atoms with van der Waals surface area (Å²) in [5, 5.41) is 28.9. The number of hydrogen-bond acceptors (Lipinski definition) is 4. The highest BCUT2D eigenvalue weighted by atomic mass is 16.3. The molecule has 0 aromatic heterocycles. The first-order valence-electron chi connectivity index (χ1n) is 9.78. The summed E-state index contributed by atoms with van der Waals surface area (Å²) < 4.78 is 0. The van der Waals surface area contributed by atoms with Crippen LogP contribution in [0.3, 0.4) is 0 Å². The average Bonchev–Trinajstić information content (AvgIpc) is 2.82. The maximum atomic E-state index is 12.1. The topological polar surface area (TPSA) is 77.8 Å². The van der Waals surface area contributed by atoms with Crippen molar-refractivity contribution in [2.45, 2.75) is 89.8 Å². The van der Waals surface area contributed by atoms with Crippen molar-refractivity contribution in [2.75, 3.05) is 6.61 Å². The van der Waals surface area contributed by atoms with Gasteiger partial charge in [0, 0.05) is 24.9 Å². The number of rotatable bonds is 13. The molecule has 140 valence electrons. The Labute approximate surface area is 147 Å². The van der Waals surface area contributed by atoms with Crippen LogP contribution in [0.4, 0.5) is 0 Å². The Morgan fingerprint density at radius 2 is 1.83 bits per heavy atom. The Kier molecular flexibility index (Phi) is 11.2. The molecule has 0 aromatic rings. The summed E-state index contributed by atoms with van der Waals surface area (Å²) in [5.74, 6) is -0.0827. The molecular formula is C20H36O4. The van der Waals surface area contributed by atoms with Gasteiger partial charge >= 0.3 is 0 Å². The summed E-state index contributed by atoms with van der Waals surface area (Å²) >= 11 is 0. The lowest BCUT2D eigenvalue weighted by Crippen LogP contribution is -2.19. The highest BCUT2D eigenvalue weighted by molar-refractivity contribution is 5.84. The molecule has 0 radical (unpaired) electrons. The van der Waals surface area contributed by atoms with E-state index in [-0.39, 0.29) is 30.6 Å². The van der Waals surface area contributed by atoms with E-state index in [1.54, 1.807) is 6.08 Å². The Bertz CT molecular complexity index is 367. The van der Waals surface area contributed by atoms with Crippen LogP contribution in [0.5, 0.6) is 0 Å². The number of aliphatic hydroxyl groups is 3. The van der Waals surface area contributed by atoms with Gasteiger partial charge < -0.3 is 15.3 Å². The summed E-state index contributed by atoms with van der Waals surface area (Å²) in [5.41, 5.74) is 0. The van der Waals surface area contributed by atoms with Crippen LogP contribution in [-0.2, 0) is 4.79 Å². The van der Waals surface area contributed by atoms with Crippen LogP contribution < -0.4 is 0 Å². The second kappa shape index (κ2) is 12.6.